The van der Waals surface area contributed by atoms with Gasteiger partial charge in [0.15, 0.2) is 0 Å². The highest BCUT2D eigenvalue weighted by Crippen LogP contribution is 2.20. The Kier molecular flexibility index (Phi) is 9.74. The van der Waals surface area contributed by atoms with Gasteiger partial charge in [-0.15, -0.1) is 0 Å². The van der Waals surface area contributed by atoms with Crippen molar-refractivity contribution in [2.24, 2.45) is 0 Å². The van der Waals surface area contributed by atoms with Crippen LogP contribution in [0.1, 0.15) is 11.1 Å². The predicted octanol–water partition coefficient (Wildman–Crippen LogP) is 7.83. The van der Waals surface area contributed by atoms with E-state index in [1.807, 2.05) is 72.8 Å². The van der Waals surface area contributed by atoms with E-state index in [1.165, 1.54) is 5.56 Å². The van der Waals surface area contributed by atoms with Gasteiger partial charge < -0.3 is 0 Å². The van der Waals surface area contributed by atoms with Crippen molar-refractivity contribution in [3.63, 3.8) is 0 Å². The van der Waals surface area contributed by atoms with Crippen LogP contribution in [-0.2, 0) is 0 Å². The van der Waals surface area contributed by atoms with E-state index < -0.39 is 0 Å². The smallest absolute Gasteiger partial charge is 0.0103 e. The summed E-state index contributed by atoms with van der Waals surface area (Å²) in [7, 11) is 0. The average molecular weight is 405 g/mol. The van der Waals surface area contributed by atoms with E-state index in [2.05, 4.69) is 61.3 Å². The minimum Gasteiger partial charge on any atom is -0.0984 e. The maximum atomic E-state index is 4.03. The summed E-state index contributed by atoms with van der Waals surface area (Å²) in [4.78, 5) is 0. The molecule has 0 amide bonds. The van der Waals surface area contributed by atoms with Crippen LogP contribution in [0.5, 0.6) is 0 Å². The molecule has 0 saturated carbocycles. The van der Waals surface area contributed by atoms with Gasteiger partial charge >= 0.3 is 0 Å². The molecule has 0 saturated heterocycles. The predicted molar refractivity (Wildman–Crippen MR) is 121 cm³/mol. The molecular weight excluding hydrogens is 380 g/mol. The lowest BCUT2D eigenvalue weighted by Gasteiger charge is -2.05. The van der Waals surface area contributed by atoms with Crippen LogP contribution < -0.4 is 0 Å². The molecular formula is C25H25Br. The Morgan fingerprint density at radius 3 is 1.77 bits per heavy atom. The molecule has 0 bridgehead atoms. The zero-order chi connectivity index (χ0) is 19.4. The van der Waals surface area contributed by atoms with Crippen molar-refractivity contribution in [2.75, 3.05) is 0 Å². The molecule has 0 N–H and O–H groups in total. The van der Waals surface area contributed by atoms with E-state index in [0.29, 0.717) is 0 Å². The van der Waals surface area contributed by atoms with Gasteiger partial charge in [-0.3, -0.25) is 0 Å². The van der Waals surface area contributed by atoms with Crippen LogP contribution in [-0.4, -0.2) is 0 Å². The largest absolute Gasteiger partial charge is 0.0984 e. The average Bonchev–Trinajstić information content (AvgIpc) is 2.65. The molecule has 0 nitrogen and oxygen atoms in total. The maximum absolute atomic E-state index is 4.03. The number of allylic oxidation sites excluding steroid dienone is 8. The maximum Gasteiger partial charge on any atom is 0.0103 e. The van der Waals surface area contributed by atoms with Gasteiger partial charge in [0.25, 0.3) is 0 Å². The van der Waals surface area contributed by atoms with E-state index in [0.717, 1.165) is 26.8 Å². The van der Waals surface area contributed by atoms with E-state index in [-0.39, 0.29) is 0 Å². The molecule has 0 aliphatic rings. The second-order valence-electron chi connectivity index (χ2n) is 5.66. The standard InChI is InChI=1S/C18H17Br.C7H8/c1-5-17(18-9-7-6-8-10-18)13-15(3)14(2)11-12-16(4)19;1-7-5-3-2-4-6-7/h5-13H,1-4H2;2-6H,1H3/b12-11-,17-13+;. The Morgan fingerprint density at radius 1 is 0.808 bits per heavy atom. The van der Waals surface area contributed by atoms with E-state index in [1.54, 1.807) is 0 Å². The fraction of sp³-hybridized carbons (Fsp3) is 0.0400. The van der Waals surface area contributed by atoms with Gasteiger partial charge in [-0.2, -0.15) is 0 Å². The Hall–Kier alpha value is -2.64. The molecule has 0 heterocycles. The zero-order valence-corrected chi connectivity index (χ0v) is 16.9. The highest BCUT2D eigenvalue weighted by atomic mass is 79.9. The molecule has 0 atom stereocenters. The normalized spacial score (nSPS) is 10.6. The molecule has 2 aromatic carbocycles. The summed E-state index contributed by atoms with van der Waals surface area (Å²) < 4.78 is 0.803. The summed E-state index contributed by atoms with van der Waals surface area (Å²) >= 11 is 3.27. The lowest BCUT2D eigenvalue weighted by molar-refractivity contribution is 1.48. The van der Waals surface area contributed by atoms with Crippen molar-refractivity contribution in [1.82, 2.24) is 0 Å². The van der Waals surface area contributed by atoms with Crippen molar-refractivity contribution in [3.05, 3.63) is 138 Å². The Bertz CT molecular complexity index is 806. The first kappa shape index (κ1) is 21.4. The van der Waals surface area contributed by atoms with Crippen molar-refractivity contribution >= 4 is 21.5 Å². The second kappa shape index (κ2) is 11.8. The van der Waals surface area contributed by atoms with Gasteiger partial charge in [-0.25, -0.2) is 0 Å². The third kappa shape index (κ3) is 8.46. The summed E-state index contributed by atoms with van der Waals surface area (Å²) in [5.41, 5.74) is 5.15. The molecule has 2 aromatic rings. The third-order valence-electron chi connectivity index (χ3n) is 3.48. The van der Waals surface area contributed by atoms with E-state index in [9.17, 15) is 0 Å². The van der Waals surface area contributed by atoms with Gasteiger partial charge in [0, 0.05) is 4.48 Å². The molecule has 0 fully saturated rings. The molecule has 0 aliphatic carbocycles. The van der Waals surface area contributed by atoms with Crippen molar-refractivity contribution in [2.45, 2.75) is 6.92 Å². The quantitative estimate of drug-likeness (QED) is 0.430. The minimum atomic E-state index is 0.803. The van der Waals surface area contributed by atoms with Gasteiger partial charge in [-0.05, 0) is 41.4 Å². The molecule has 132 valence electrons. The lowest BCUT2D eigenvalue weighted by atomic mass is 10.0. The topological polar surface area (TPSA) is 0 Å². The van der Waals surface area contributed by atoms with Crippen molar-refractivity contribution in [1.29, 1.82) is 0 Å². The first-order valence-electron chi connectivity index (χ1n) is 8.26. The first-order chi connectivity index (χ1) is 12.4. The Morgan fingerprint density at radius 2 is 1.35 bits per heavy atom. The Labute approximate surface area is 166 Å². The van der Waals surface area contributed by atoms with Crippen LogP contribution in [0.3, 0.4) is 0 Å². The van der Waals surface area contributed by atoms with E-state index >= 15 is 0 Å². The lowest BCUT2D eigenvalue weighted by Crippen LogP contribution is -1.84. The highest BCUT2D eigenvalue weighted by Gasteiger charge is 1.99. The number of aryl methyl sites for hydroxylation is 1. The van der Waals surface area contributed by atoms with Crippen molar-refractivity contribution in [3.8, 4) is 0 Å². The van der Waals surface area contributed by atoms with Gasteiger partial charge in [0.1, 0.15) is 0 Å². The van der Waals surface area contributed by atoms with Crippen LogP contribution in [0.4, 0.5) is 0 Å². The second-order valence-corrected chi connectivity index (χ2v) is 6.67. The highest BCUT2D eigenvalue weighted by molar-refractivity contribution is 9.11. The molecule has 26 heavy (non-hydrogen) atoms. The first-order valence-corrected chi connectivity index (χ1v) is 9.05. The van der Waals surface area contributed by atoms with Crippen molar-refractivity contribution < 1.29 is 0 Å². The van der Waals surface area contributed by atoms with Gasteiger partial charge in [-0.1, -0.05) is 121 Å². The molecule has 2 rings (SSSR count). The number of hydrogen-bond donors (Lipinski definition) is 0. The van der Waals surface area contributed by atoms with Crippen LogP contribution in [0.25, 0.3) is 5.57 Å². The van der Waals surface area contributed by atoms with Gasteiger partial charge in [0.2, 0.25) is 0 Å². The molecule has 0 aromatic heterocycles. The molecule has 0 aliphatic heterocycles. The monoisotopic (exact) mass is 404 g/mol. The minimum absolute atomic E-state index is 0.803. The summed E-state index contributed by atoms with van der Waals surface area (Å²) in [5, 5.41) is 0. The third-order valence-corrected chi connectivity index (χ3v) is 3.74. The SMILES string of the molecule is C=C/C(=C\C(=C)C(=C)/C=C\C(=C)Br)c1ccccc1.Cc1ccccc1. The number of halogens is 1. The summed E-state index contributed by atoms with van der Waals surface area (Å²) in [5.74, 6) is 0. The number of rotatable bonds is 6. The molecule has 1 heteroatoms. The van der Waals surface area contributed by atoms with E-state index in [4.69, 9.17) is 0 Å². The van der Waals surface area contributed by atoms with Crippen LogP contribution in [0.2, 0.25) is 0 Å². The summed E-state index contributed by atoms with van der Waals surface area (Å²) in [6.45, 7) is 17.7. The molecule has 0 unspecified atom stereocenters. The fourth-order valence-electron chi connectivity index (χ4n) is 2.00. The van der Waals surface area contributed by atoms with Crippen LogP contribution >= 0.6 is 15.9 Å². The van der Waals surface area contributed by atoms with Crippen LogP contribution in [0.15, 0.2) is 127 Å². The molecule has 0 spiro atoms. The summed E-state index contributed by atoms with van der Waals surface area (Å²) in [6.07, 6.45) is 7.52. The zero-order valence-electron chi connectivity index (χ0n) is 15.3. The van der Waals surface area contributed by atoms with Gasteiger partial charge in [0.05, 0.1) is 0 Å². The van der Waals surface area contributed by atoms with Crippen LogP contribution in [0, 0.1) is 6.92 Å². The number of benzene rings is 2. The Balaban J connectivity index is 0.000000401. The number of hydrogen-bond acceptors (Lipinski definition) is 0. The fourth-order valence-corrected chi connectivity index (χ4v) is 2.14. The summed E-state index contributed by atoms with van der Waals surface area (Å²) in [6, 6.07) is 20.3. The molecule has 0 radical (unpaired) electrons.